The molecule has 0 saturated heterocycles. The Hall–Kier alpha value is -4.01. The summed E-state index contributed by atoms with van der Waals surface area (Å²) < 4.78 is 29.6. The molecule has 35 heavy (non-hydrogen) atoms. The first-order chi connectivity index (χ1) is 16.7. The van der Waals surface area contributed by atoms with Gasteiger partial charge in [0.2, 0.25) is 0 Å². The fraction of sp³-hybridized carbons (Fsp3) is 0.208. The number of aromatic nitrogens is 4. The van der Waals surface area contributed by atoms with Crippen molar-refractivity contribution in [1.82, 2.24) is 25.1 Å². The minimum atomic E-state index is -1.98. The maximum atomic E-state index is 14.7. The molecule has 0 aliphatic heterocycles. The number of nitriles is 1. The van der Waals surface area contributed by atoms with Crippen LogP contribution >= 0.6 is 11.3 Å². The molecule has 0 unspecified atom stereocenters. The highest BCUT2D eigenvalue weighted by atomic mass is 32.1. The number of hydrogen-bond acceptors (Lipinski definition) is 7. The Labute approximate surface area is 203 Å². The molecule has 2 aromatic carbocycles. The lowest BCUT2D eigenvalue weighted by Gasteiger charge is -2.35. The van der Waals surface area contributed by atoms with Crippen LogP contribution in [-0.4, -0.2) is 36.8 Å². The fourth-order valence-corrected chi connectivity index (χ4v) is 4.63. The van der Waals surface area contributed by atoms with E-state index < -0.39 is 29.2 Å². The summed E-state index contributed by atoms with van der Waals surface area (Å²) in [5.74, 6) is -2.25. The van der Waals surface area contributed by atoms with Crippen LogP contribution < -0.4 is 5.32 Å². The van der Waals surface area contributed by atoms with Gasteiger partial charge in [0.1, 0.15) is 39.8 Å². The molecule has 11 heteroatoms. The van der Waals surface area contributed by atoms with Gasteiger partial charge >= 0.3 is 0 Å². The van der Waals surface area contributed by atoms with E-state index in [0.717, 1.165) is 29.0 Å². The minimum absolute atomic E-state index is 0.193. The first-order valence-corrected chi connectivity index (χ1v) is 11.3. The predicted octanol–water partition coefficient (Wildman–Crippen LogP) is 3.57. The van der Waals surface area contributed by atoms with Crippen LogP contribution in [0.3, 0.4) is 0 Å². The highest BCUT2D eigenvalue weighted by molar-refractivity contribution is 7.17. The van der Waals surface area contributed by atoms with Gasteiger partial charge in [0, 0.05) is 17.2 Å². The molecule has 8 nitrogen and oxygen atoms in total. The third kappa shape index (κ3) is 4.94. The number of thiazole rings is 1. The molecule has 0 fully saturated rings. The van der Waals surface area contributed by atoms with Gasteiger partial charge in [-0.15, -0.1) is 11.3 Å². The van der Waals surface area contributed by atoms with Crippen molar-refractivity contribution in [1.29, 1.82) is 5.26 Å². The van der Waals surface area contributed by atoms with E-state index >= 15 is 0 Å². The average Bonchev–Trinajstić information content (AvgIpc) is 3.48. The lowest BCUT2D eigenvalue weighted by molar-refractivity contribution is -0.0185. The molecule has 0 bridgehead atoms. The molecule has 2 atom stereocenters. The van der Waals surface area contributed by atoms with E-state index in [0.29, 0.717) is 27.2 Å². The van der Waals surface area contributed by atoms with E-state index in [2.05, 4.69) is 20.4 Å². The predicted molar refractivity (Wildman–Crippen MR) is 124 cm³/mol. The summed E-state index contributed by atoms with van der Waals surface area (Å²) in [6, 6.07) is 10.7. The molecule has 4 rings (SSSR count). The summed E-state index contributed by atoms with van der Waals surface area (Å²) >= 11 is 1.15. The monoisotopic (exact) mass is 494 g/mol. The Balaban J connectivity index is 1.62. The van der Waals surface area contributed by atoms with Crippen molar-refractivity contribution in [3.8, 4) is 16.6 Å². The van der Waals surface area contributed by atoms with Gasteiger partial charge in [0.25, 0.3) is 5.91 Å². The van der Waals surface area contributed by atoms with Gasteiger partial charge < -0.3 is 10.4 Å². The number of nitrogens with one attached hydrogen (secondary N) is 1. The standard InChI is InChI=1S/C24H20F2N6O2S/c1-14-21(35-23(30-14)17-5-3-16(10-27)4-6-17)22(33)31-15(2)24(34,11-32-13-28-12-29-32)19-8-7-18(25)9-20(19)26/h3-9,12-13,15,34H,11H2,1-2H3,(H,31,33)/t15-,24-/m1/s1. The molecule has 0 saturated carbocycles. The number of halogens is 2. The molecule has 0 radical (unpaired) electrons. The topological polar surface area (TPSA) is 117 Å². The van der Waals surface area contributed by atoms with Crippen LogP contribution in [0.4, 0.5) is 8.78 Å². The van der Waals surface area contributed by atoms with Gasteiger partial charge in [-0.05, 0) is 32.0 Å². The lowest BCUT2D eigenvalue weighted by Crippen LogP contribution is -2.51. The van der Waals surface area contributed by atoms with E-state index in [1.165, 1.54) is 24.3 Å². The van der Waals surface area contributed by atoms with Crippen LogP contribution in [0.25, 0.3) is 10.6 Å². The number of amides is 1. The number of carbonyl (C=O) groups excluding carboxylic acids is 1. The highest BCUT2D eigenvalue weighted by Gasteiger charge is 2.40. The molecule has 178 valence electrons. The molecule has 0 aliphatic rings. The largest absolute Gasteiger partial charge is 0.381 e. The first kappa shape index (κ1) is 24.1. The summed E-state index contributed by atoms with van der Waals surface area (Å²) in [6.07, 6.45) is 2.61. The third-order valence-electron chi connectivity index (χ3n) is 5.59. The van der Waals surface area contributed by atoms with E-state index in [9.17, 15) is 18.7 Å². The summed E-state index contributed by atoms with van der Waals surface area (Å²) in [5, 5.41) is 27.8. The van der Waals surface area contributed by atoms with Crippen LogP contribution in [0.5, 0.6) is 0 Å². The van der Waals surface area contributed by atoms with E-state index in [1.54, 1.807) is 31.2 Å². The molecular weight excluding hydrogens is 474 g/mol. The third-order valence-corrected chi connectivity index (χ3v) is 6.80. The Bertz CT molecular complexity index is 1400. The zero-order valence-electron chi connectivity index (χ0n) is 18.7. The van der Waals surface area contributed by atoms with Gasteiger partial charge in [0.05, 0.1) is 29.9 Å². The van der Waals surface area contributed by atoms with Crippen LogP contribution in [0.1, 0.15) is 33.4 Å². The number of benzene rings is 2. The maximum absolute atomic E-state index is 14.7. The first-order valence-electron chi connectivity index (χ1n) is 10.5. The van der Waals surface area contributed by atoms with Crippen LogP contribution in [0.2, 0.25) is 0 Å². The zero-order chi connectivity index (χ0) is 25.2. The fourth-order valence-electron chi connectivity index (χ4n) is 3.66. The second kappa shape index (κ2) is 9.69. The molecule has 2 N–H and O–H groups in total. The molecule has 4 aromatic rings. The smallest absolute Gasteiger partial charge is 0.263 e. The van der Waals surface area contributed by atoms with Gasteiger partial charge in [-0.25, -0.2) is 23.4 Å². The van der Waals surface area contributed by atoms with Crippen molar-refractivity contribution in [2.24, 2.45) is 0 Å². The molecule has 1 amide bonds. The SMILES string of the molecule is Cc1nc(-c2ccc(C#N)cc2)sc1C(=O)N[C@H](C)[C@](O)(Cn1cncn1)c1ccc(F)cc1F. The molecule has 0 aliphatic carbocycles. The van der Waals surface area contributed by atoms with E-state index in [4.69, 9.17) is 5.26 Å². The summed E-state index contributed by atoms with van der Waals surface area (Å²) in [7, 11) is 0. The van der Waals surface area contributed by atoms with Crippen molar-refractivity contribution in [3.05, 3.63) is 88.5 Å². The van der Waals surface area contributed by atoms with Crippen LogP contribution in [0.15, 0.2) is 55.1 Å². The van der Waals surface area contributed by atoms with Crippen molar-refractivity contribution < 1.29 is 18.7 Å². The number of hydrogen-bond donors (Lipinski definition) is 2. The number of aryl methyl sites for hydroxylation is 1. The molecule has 2 heterocycles. The zero-order valence-corrected chi connectivity index (χ0v) is 19.6. The molecule has 0 spiro atoms. The average molecular weight is 495 g/mol. The summed E-state index contributed by atoms with van der Waals surface area (Å²) in [4.78, 5) is 21.8. The minimum Gasteiger partial charge on any atom is -0.381 e. The Morgan fingerprint density at radius 1 is 1.29 bits per heavy atom. The van der Waals surface area contributed by atoms with E-state index in [1.807, 2.05) is 6.07 Å². The van der Waals surface area contributed by atoms with Crippen molar-refractivity contribution in [3.63, 3.8) is 0 Å². The lowest BCUT2D eigenvalue weighted by atomic mass is 9.86. The van der Waals surface area contributed by atoms with Crippen molar-refractivity contribution >= 4 is 17.2 Å². The quantitative estimate of drug-likeness (QED) is 0.406. The Morgan fingerprint density at radius 3 is 2.66 bits per heavy atom. The number of nitrogens with zero attached hydrogens (tertiary/aromatic N) is 5. The van der Waals surface area contributed by atoms with Crippen LogP contribution in [-0.2, 0) is 12.1 Å². The van der Waals surface area contributed by atoms with E-state index in [-0.39, 0.29) is 12.1 Å². The maximum Gasteiger partial charge on any atom is 0.263 e. The highest BCUT2D eigenvalue weighted by Crippen LogP contribution is 2.32. The number of carbonyl (C=O) groups is 1. The number of aliphatic hydroxyl groups is 1. The van der Waals surface area contributed by atoms with Crippen molar-refractivity contribution in [2.75, 3.05) is 0 Å². The molecular formula is C24H20F2N6O2S. The number of rotatable bonds is 7. The Kier molecular flexibility index (Phi) is 6.68. The van der Waals surface area contributed by atoms with Gasteiger partial charge in [-0.2, -0.15) is 10.4 Å². The van der Waals surface area contributed by atoms with Gasteiger partial charge in [-0.1, -0.05) is 18.2 Å². The summed E-state index contributed by atoms with van der Waals surface area (Å²) in [6.45, 7) is 2.97. The Morgan fingerprint density at radius 2 is 2.03 bits per heavy atom. The summed E-state index contributed by atoms with van der Waals surface area (Å²) in [5.41, 5.74) is -0.433. The van der Waals surface area contributed by atoms with Crippen molar-refractivity contribution in [2.45, 2.75) is 32.0 Å². The second-order valence-corrected chi connectivity index (χ2v) is 8.96. The molecule has 2 aromatic heterocycles. The van der Waals surface area contributed by atoms with Crippen LogP contribution in [0, 0.1) is 29.9 Å². The second-order valence-electron chi connectivity index (χ2n) is 7.96. The van der Waals surface area contributed by atoms with Gasteiger partial charge in [0.15, 0.2) is 0 Å². The normalized spacial score (nSPS) is 13.6. The van der Waals surface area contributed by atoms with Gasteiger partial charge in [-0.3, -0.25) is 4.79 Å².